The minimum absolute atomic E-state index is 0.140. The van der Waals surface area contributed by atoms with E-state index in [1.807, 2.05) is 0 Å². The van der Waals surface area contributed by atoms with Crippen LogP contribution in [0.1, 0.15) is 18.4 Å². The minimum atomic E-state index is -0.453. The van der Waals surface area contributed by atoms with Crippen LogP contribution in [0.3, 0.4) is 0 Å². The van der Waals surface area contributed by atoms with Gasteiger partial charge in [-0.05, 0) is 37.0 Å². The Morgan fingerprint density at radius 3 is 2.62 bits per heavy atom. The van der Waals surface area contributed by atoms with Crippen molar-refractivity contribution in [2.75, 3.05) is 7.05 Å². The van der Waals surface area contributed by atoms with Gasteiger partial charge >= 0.3 is 0 Å². The Bertz CT molecular complexity index is 337. The van der Waals surface area contributed by atoms with Gasteiger partial charge in [-0.1, -0.05) is 12.1 Å². The molecule has 0 radical (unpaired) electrons. The molecule has 0 aliphatic heterocycles. The Labute approximate surface area is 94.8 Å². The van der Waals surface area contributed by atoms with E-state index in [-0.39, 0.29) is 11.7 Å². The highest BCUT2D eigenvalue weighted by Gasteiger charge is 2.10. The summed E-state index contributed by atoms with van der Waals surface area (Å²) in [5, 5.41) is 2.51. The Hall–Kier alpha value is -1.42. The molecule has 0 bridgehead atoms. The molecule has 0 spiro atoms. The largest absolute Gasteiger partial charge is 0.358 e. The number of likely N-dealkylation sites (N-methyl/N-ethyl adjacent to an activating group) is 1. The van der Waals surface area contributed by atoms with Crippen LogP contribution in [0.4, 0.5) is 4.39 Å². The molecule has 0 heterocycles. The summed E-state index contributed by atoms with van der Waals surface area (Å²) in [7, 11) is 1.57. The van der Waals surface area contributed by atoms with E-state index >= 15 is 0 Å². The predicted octanol–water partition coefficient (Wildman–Crippen LogP) is 1.22. The number of nitrogens with one attached hydrogen (secondary N) is 1. The molecule has 16 heavy (non-hydrogen) atoms. The normalized spacial score (nSPS) is 12.2. The molecule has 1 atom stereocenters. The summed E-state index contributed by atoms with van der Waals surface area (Å²) in [6.45, 7) is 0. The summed E-state index contributed by atoms with van der Waals surface area (Å²) in [4.78, 5) is 11.1. The van der Waals surface area contributed by atoms with E-state index in [0.29, 0.717) is 6.42 Å². The third kappa shape index (κ3) is 3.98. The predicted molar refractivity (Wildman–Crippen MR) is 61.4 cm³/mol. The van der Waals surface area contributed by atoms with Crippen LogP contribution in [0, 0.1) is 5.82 Å². The molecule has 0 saturated heterocycles. The molecule has 0 fully saturated rings. The van der Waals surface area contributed by atoms with Crippen LogP contribution in [0.25, 0.3) is 0 Å². The van der Waals surface area contributed by atoms with Crippen molar-refractivity contribution in [3.05, 3.63) is 35.6 Å². The van der Waals surface area contributed by atoms with E-state index in [2.05, 4.69) is 5.32 Å². The smallest absolute Gasteiger partial charge is 0.236 e. The molecule has 1 rings (SSSR count). The molecule has 0 saturated carbocycles. The van der Waals surface area contributed by atoms with E-state index in [0.717, 1.165) is 18.4 Å². The lowest BCUT2D eigenvalue weighted by molar-refractivity contribution is -0.122. The highest BCUT2D eigenvalue weighted by atomic mass is 19.1. The number of aryl methyl sites for hydroxylation is 1. The van der Waals surface area contributed by atoms with E-state index in [1.165, 1.54) is 12.1 Å². The van der Waals surface area contributed by atoms with Gasteiger partial charge in [0.15, 0.2) is 0 Å². The van der Waals surface area contributed by atoms with Crippen LogP contribution >= 0.6 is 0 Å². The number of carbonyl (C=O) groups excluding carboxylic acids is 1. The van der Waals surface area contributed by atoms with Crippen molar-refractivity contribution in [2.24, 2.45) is 5.73 Å². The number of carbonyl (C=O) groups is 1. The molecular formula is C12H17FN2O. The quantitative estimate of drug-likeness (QED) is 0.790. The monoisotopic (exact) mass is 224 g/mol. The van der Waals surface area contributed by atoms with Gasteiger partial charge in [0.05, 0.1) is 6.04 Å². The number of hydrogen-bond acceptors (Lipinski definition) is 2. The van der Waals surface area contributed by atoms with Crippen LogP contribution in [0.15, 0.2) is 24.3 Å². The zero-order valence-electron chi connectivity index (χ0n) is 9.37. The Kier molecular flexibility index (Phi) is 4.92. The summed E-state index contributed by atoms with van der Waals surface area (Å²) in [6.07, 6.45) is 2.27. The van der Waals surface area contributed by atoms with Crippen molar-refractivity contribution in [1.29, 1.82) is 0 Å². The standard InChI is InChI=1S/C12H17FN2O/c1-15-12(16)11(14)4-2-3-9-5-7-10(13)8-6-9/h5-8,11H,2-4,14H2,1H3,(H,15,16). The zero-order chi connectivity index (χ0) is 12.0. The van der Waals surface area contributed by atoms with Gasteiger partial charge in [0.2, 0.25) is 5.91 Å². The average molecular weight is 224 g/mol. The van der Waals surface area contributed by atoms with Gasteiger partial charge in [0.1, 0.15) is 5.82 Å². The van der Waals surface area contributed by atoms with E-state index in [9.17, 15) is 9.18 Å². The summed E-state index contributed by atoms with van der Waals surface area (Å²) >= 11 is 0. The number of halogens is 1. The zero-order valence-corrected chi connectivity index (χ0v) is 9.37. The number of nitrogens with two attached hydrogens (primary N) is 1. The third-order valence-corrected chi connectivity index (χ3v) is 2.48. The Balaban J connectivity index is 2.30. The first kappa shape index (κ1) is 12.6. The number of benzene rings is 1. The summed E-state index contributed by atoms with van der Waals surface area (Å²) in [5.74, 6) is -0.370. The maximum atomic E-state index is 12.6. The fourth-order valence-corrected chi connectivity index (χ4v) is 1.49. The molecule has 88 valence electrons. The molecular weight excluding hydrogens is 207 g/mol. The van der Waals surface area contributed by atoms with Crippen molar-refractivity contribution in [3.63, 3.8) is 0 Å². The van der Waals surface area contributed by atoms with Crippen LogP contribution in [-0.4, -0.2) is 19.0 Å². The van der Waals surface area contributed by atoms with Crippen LogP contribution in [0.5, 0.6) is 0 Å². The summed E-state index contributed by atoms with van der Waals surface area (Å²) in [5.41, 5.74) is 6.70. The minimum Gasteiger partial charge on any atom is -0.358 e. The summed E-state index contributed by atoms with van der Waals surface area (Å²) < 4.78 is 12.6. The van der Waals surface area contributed by atoms with Gasteiger partial charge in [0, 0.05) is 7.05 Å². The van der Waals surface area contributed by atoms with Gasteiger partial charge in [-0.2, -0.15) is 0 Å². The first-order valence-corrected chi connectivity index (χ1v) is 5.35. The summed E-state index contributed by atoms with van der Waals surface area (Å²) in [6, 6.07) is 5.93. The number of hydrogen-bond donors (Lipinski definition) is 2. The highest BCUT2D eigenvalue weighted by molar-refractivity contribution is 5.81. The van der Waals surface area contributed by atoms with Crippen LogP contribution in [0.2, 0.25) is 0 Å². The number of rotatable bonds is 5. The molecule has 1 amide bonds. The second kappa shape index (κ2) is 6.23. The first-order valence-electron chi connectivity index (χ1n) is 5.35. The fourth-order valence-electron chi connectivity index (χ4n) is 1.49. The van der Waals surface area contributed by atoms with Gasteiger partial charge in [0.25, 0.3) is 0 Å². The van der Waals surface area contributed by atoms with Crippen molar-refractivity contribution >= 4 is 5.91 Å². The van der Waals surface area contributed by atoms with E-state index in [4.69, 9.17) is 5.73 Å². The van der Waals surface area contributed by atoms with E-state index in [1.54, 1.807) is 19.2 Å². The van der Waals surface area contributed by atoms with Crippen LogP contribution in [-0.2, 0) is 11.2 Å². The van der Waals surface area contributed by atoms with E-state index < -0.39 is 6.04 Å². The van der Waals surface area contributed by atoms with Crippen molar-refractivity contribution < 1.29 is 9.18 Å². The maximum absolute atomic E-state index is 12.6. The van der Waals surface area contributed by atoms with Crippen molar-refractivity contribution in [1.82, 2.24) is 5.32 Å². The average Bonchev–Trinajstić information content (AvgIpc) is 2.30. The van der Waals surface area contributed by atoms with Crippen LogP contribution < -0.4 is 11.1 Å². The second-order valence-electron chi connectivity index (χ2n) is 3.74. The number of amides is 1. The topological polar surface area (TPSA) is 55.1 Å². The highest BCUT2D eigenvalue weighted by Crippen LogP contribution is 2.07. The lowest BCUT2D eigenvalue weighted by Gasteiger charge is -2.09. The second-order valence-corrected chi connectivity index (χ2v) is 3.74. The van der Waals surface area contributed by atoms with Gasteiger partial charge < -0.3 is 11.1 Å². The van der Waals surface area contributed by atoms with Gasteiger partial charge in [-0.15, -0.1) is 0 Å². The molecule has 0 aliphatic rings. The maximum Gasteiger partial charge on any atom is 0.236 e. The third-order valence-electron chi connectivity index (χ3n) is 2.48. The molecule has 0 aromatic heterocycles. The molecule has 3 N–H and O–H groups in total. The Morgan fingerprint density at radius 2 is 2.06 bits per heavy atom. The molecule has 1 aromatic carbocycles. The molecule has 3 nitrogen and oxygen atoms in total. The van der Waals surface area contributed by atoms with Crippen molar-refractivity contribution in [3.8, 4) is 0 Å². The first-order chi connectivity index (χ1) is 7.63. The van der Waals surface area contributed by atoms with Gasteiger partial charge in [-0.3, -0.25) is 4.79 Å². The fraction of sp³-hybridized carbons (Fsp3) is 0.417. The van der Waals surface area contributed by atoms with Crippen molar-refractivity contribution in [2.45, 2.75) is 25.3 Å². The molecule has 4 heteroatoms. The molecule has 1 aromatic rings. The SMILES string of the molecule is CNC(=O)C(N)CCCc1ccc(F)cc1. The molecule has 0 aliphatic carbocycles. The van der Waals surface area contributed by atoms with Gasteiger partial charge in [-0.25, -0.2) is 4.39 Å². The molecule has 1 unspecified atom stereocenters. The lowest BCUT2D eigenvalue weighted by Crippen LogP contribution is -2.38. The lowest BCUT2D eigenvalue weighted by atomic mass is 10.0. The Morgan fingerprint density at radius 1 is 1.44 bits per heavy atom.